The van der Waals surface area contributed by atoms with Crippen LogP contribution in [0.2, 0.25) is 0 Å². The maximum absolute atomic E-state index is 11.8. The lowest BCUT2D eigenvalue weighted by Crippen LogP contribution is -2.35. The second kappa shape index (κ2) is 6.19. The van der Waals surface area contributed by atoms with Crippen LogP contribution in [0, 0.1) is 5.92 Å². The number of carbonyl (C=O) groups is 1. The van der Waals surface area contributed by atoms with Gasteiger partial charge in [0, 0.05) is 6.04 Å². The van der Waals surface area contributed by atoms with Gasteiger partial charge in [-0.25, -0.2) is 8.42 Å². The Bertz CT molecular complexity index is 654. The Morgan fingerprint density at radius 3 is 2.82 bits per heavy atom. The Morgan fingerprint density at radius 2 is 2.18 bits per heavy atom. The molecule has 1 aromatic heterocycles. The predicted octanol–water partition coefficient (Wildman–Crippen LogP) is 0.979. The third kappa shape index (κ3) is 4.01. The van der Waals surface area contributed by atoms with Crippen molar-refractivity contribution in [2.45, 2.75) is 43.4 Å². The topological polar surface area (TPSA) is 102 Å². The van der Waals surface area contributed by atoms with Gasteiger partial charge in [-0.05, 0) is 32.1 Å². The fourth-order valence-corrected chi connectivity index (χ4v) is 4.88. The molecule has 2 fully saturated rings. The minimum Gasteiger partial charge on any atom is -0.416 e. The number of nitrogens with one attached hydrogen (secondary N) is 1. The smallest absolute Gasteiger partial charge is 0.277 e. The van der Waals surface area contributed by atoms with Crippen molar-refractivity contribution in [3.05, 3.63) is 5.89 Å². The molecule has 7 nitrogen and oxygen atoms in total. The highest BCUT2D eigenvalue weighted by molar-refractivity contribution is 7.99. The van der Waals surface area contributed by atoms with Crippen LogP contribution in [-0.2, 0) is 14.6 Å². The molecule has 1 aromatic rings. The molecule has 2 aliphatic rings. The molecule has 9 heteroatoms. The van der Waals surface area contributed by atoms with E-state index < -0.39 is 9.84 Å². The van der Waals surface area contributed by atoms with Gasteiger partial charge in [0.2, 0.25) is 11.8 Å². The van der Waals surface area contributed by atoms with E-state index in [1.54, 1.807) is 0 Å². The summed E-state index contributed by atoms with van der Waals surface area (Å²) in [6.45, 7) is 2.02. The summed E-state index contributed by atoms with van der Waals surface area (Å²) in [6.07, 6.45) is 2.89. The highest BCUT2D eigenvalue weighted by Crippen LogP contribution is 2.32. The fraction of sp³-hybridized carbons (Fsp3) is 0.769. The monoisotopic (exact) mass is 345 g/mol. The quantitative estimate of drug-likeness (QED) is 0.767. The van der Waals surface area contributed by atoms with E-state index >= 15 is 0 Å². The molecule has 22 heavy (non-hydrogen) atoms. The molecule has 0 unspecified atom stereocenters. The zero-order valence-corrected chi connectivity index (χ0v) is 14.0. The van der Waals surface area contributed by atoms with Crippen molar-refractivity contribution in [3.8, 4) is 0 Å². The van der Waals surface area contributed by atoms with Crippen molar-refractivity contribution < 1.29 is 17.6 Å². The zero-order chi connectivity index (χ0) is 15.7. The Kier molecular flexibility index (Phi) is 4.44. The summed E-state index contributed by atoms with van der Waals surface area (Å²) < 4.78 is 28.4. The number of carbonyl (C=O) groups excluding carboxylic acids is 1. The SMILES string of the molecule is C[C@@H](NC(=O)CSc1nnc([C@H]2CCS(=O)(=O)C2)o1)C1CC1. The van der Waals surface area contributed by atoms with E-state index in [-0.39, 0.29) is 35.1 Å². The molecule has 1 saturated heterocycles. The number of sulfone groups is 1. The van der Waals surface area contributed by atoms with Crippen molar-refractivity contribution in [1.29, 1.82) is 0 Å². The van der Waals surface area contributed by atoms with Crippen molar-refractivity contribution >= 4 is 27.5 Å². The third-order valence-electron chi connectivity index (χ3n) is 4.05. The van der Waals surface area contributed by atoms with E-state index in [9.17, 15) is 13.2 Å². The molecular formula is C13H19N3O4S2. The van der Waals surface area contributed by atoms with Crippen molar-refractivity contribution in [2.75, 3.05) is 17.3 Å². The van der Waals surface area contributed by atoms with Gasteiger partial charge in [-0.15, -0.1) is 10.2 Å². The molecule has 3 rings (SSSR count). The normalized spacial score (nSPS) is 25.0. The number of amides is 1. The van der Waals surface area contributed by atoms with E-state index in [0.29, 0.717) is 23.5 Å². The van der Waals surface area contributed by atoms with Gasteiger partial charge in [-0.1, -0.05) is 11.8 Å². The van der Waals surface area contributed by atoms with Crippen molar-refractivity contribution in [2.24, 2.45) is 5.92 Å². The van der Waals surface area contributed by atoms with Crippen molar-refractivity contribution in [1.82, 2.24) is 15.5 Å². The number of hydrogen-bond donors (Lipinski definition) is 1. The molecule has 2 heterocycles. The summed E-state index contributed by atoms with van der Waals surface area (Å²) >= 11 is 1.18. The Hall–Kier alpha value is -1.09. The summed E-state index contributed by atoms with van der Waals surface area (Å²) in [6, 6.07) is 0.218. The fourth-order valence-electron chi connectivity index (χ4n) is 2.57. The maximum Gasteiger partial charge on any atom is 0.277 e. The first-order chi connectivity index (χ1) is 10.4. The average molecular weight is 345 g/mol. The van der Waals surface area contributed by atoms with Gasteiger partial charge >= 0.3 is 0 Å². The first-order valence-corrected chi connectivity index (χ1v) is 10.2. The van der Waals surface area contributed by atoms with Crippen LogP contribution in [0.25, 0.3) is 0 Å². The highest BCUT2D eigenvalue weighted by atomic mass is 32.2. The molecule has 1 amide bonds. The number of rotatable bonds is 6. The molecule has 0 spiro atoms. The van der Waals surface area contributed by atoms with Gasteiger partial charge in [0.15, 0.2) is 9.84 Å². The minimum atomic E-state index is -2.97. The van der Waals surface area contributed by atoms with Gasteiger partial charge in [-0.2, -0.15) is 0 Å². The molecule has 0 aromatic carbocycles. The molecule has 0 radical (unpaired) electrons. The molecule has 1 saturated carbocycles. The molecule has 1 aliphatic carbocycles. The van der Waals surface area contributed by atoms with E-state index in [1.165, 1.54) is 24.6 Å². The summed E-state index contributed by atoms with van der Waals surface area (Å²) in [5.41, 5.74) is 0. The summed E-state index contributed by atoms with van der Waals surface area (Å²) in [7, 11) is -2.97. The Labute approximate surface area is 133 Å². The van der Waals surface area contributed by atoms with Crippen LogP contribution in [0.4, 0.5) is 0 Å². The Morgan fingerprint density at radius 1 is 1.41 bits per heavy atom. The summed E-state index contributed by atoms with van der Waals surface area (Å²) in [5, 5.41) is 11.1. The maximum atomic E-state index is 11.8. The number of aromatic nitrogens is 2. The van der Waals surface area contributed by atoms with Crippen LogP contribution in [0.5, 0.6) is 0 Å². The Balaban J connectivity index is 1.48. The van der Waals surface area contributed by atoms with E-state index in [0.717, 1.165) is 0 Å². The lowest BCUT2D eigenvalue weighted by molar-refractivity contribution is -0.119. The lowest BCUT2D eigenvalue weighted by atomic mass is 10.1. The second-order valence-electron chi connectivity index (χ2n) is 5.99. The number of nitrogens with zero attached hydrogens (tertiary/aromatic N) is 2. The predicted molar refractivity (Wildman–Crippen MR) is 81.4 cm³/mol. The van der Waals surface area contributed by atoms with Crippen LogP contribution >= 0.6 is 11.8 Å². The van der Waals surface area contributed by atoms with Crippen LogP contribution < -0.4 is 5.32 Å². The van der Waals surface area contributed by atoms with E-state index in [2.05, 4.69) is 15.5 Å². The largest absolute Gasteiger partial charge is 0.416 e. The highest BCUT2D eigenvalue weighted by Gasteiger charge is 2.33. The minimum absolute atomic E-state index is 0.0485. The molecule has 2 atom stereocenters. The third-order valence-corrected chi connectivity index (χ3v) is 6.63. The lowest BCUT2D eigenvalue weighted by Gasteiger charge is -2.11. The van der Waals surface area contributed by atoms with Crippen molar-refractivity contribution in [3.63, 3.8) is 0 Å². The molecule has 0 bridgehead atoms. The second-order valence-corrected chi connectivity index (χ2v) is 9.14. The zero-order valence-electron chi connectivity index (χ0n) is 12.3. The van der Waals surface area contributed by atoms with Crippen LogP contribution in [0.15, 0.2) is 9.64 Å². The van der Waals surface area contributed by atoms with E-state index in [4.69, 9.17) is 4.42 Å². The van der Waals surface area contributed by atoms with Gasteiger partial charge in [0.1, 0.15) is 0 Å². The first kappa shape index (κ1) is 15.8. The summed E-state index contributed by atoms with van der Waals surface area (Å²) in [4.78, 5) is 11.8. The van der Waals surface area contributed by atoms with Gasteiger partial charge < -0.3 is 9.73 Å². The first-order valence-electron chi connectivity index (χ1n) is 7.39. The average Bonchev–Trinajstić information content (AvgIpc) is 3.10. The molecule has 122 valence electrons. The van der Waals surface area contributed by atoms with E-state index in [1.807, 2.05) is 6.92 Å². The van der Waals surface area contributed by atoms with Crippen LogP contribution in [0.1, 0.15) is 38.0 Å². The van der Waals surface area contributed by atoms with Gasteiger partial charge in [-0.3, -0.25) is 4.79 Å². The van der Waals surface area contributed by atoms with Gasteiger partial charge in [0.25, 0.3) is 5.22 Å². The number of hydrogen-bond acceptors (Lipinski definition) is 7. The van der Waals surface area contributed by atoms with Crippen LogP contribution in [0.3, 0.4) is 0 Å². The van der Waals surface area contributed by atoms with Gasteiger partial charge in [0.05, 0.1) is 23.2 Å². The summed E-state index contributed by atoms with van der Waals surface area (Å²) in [5.74, 6) is 1.18. The molecule has 1 N–H and O–H groups in total. The molecular weight excluding hydrogens is 326 g/mol. The van der Waals surface area contributed by atoms with Crippen LogP contribution in [-0.4, -0.2) is 47.8 Å². The number of thioether (sulfide) groups is 1. The standard InChI is InChI=1S/C13H19N3O4S2/c1-8(9-2-3-9)14-11(17)6-21-13-16-15-12(20-13)10-4-5-22(18,19)7-10/h8-10H,2-7H2,1H3,(H,14,17)/t8-,10+/m1/s1. The molecule has 1 aliphatic heterocycles.